The molecular formula is C11H14N4O4. The molecular weight excluding hydrogens is 252 g/mol. The van der Waals surface area contributed by atoms with Gasteiger partial charge in [0.2, 0.25) is 11.8 Å². The Hall–Kier alpha value is -2.64. The minimum absolute atomic E-state index is 0.108. The largest absolute Gasteiger partial charge is 0.480 e. The Morgan fingerprint density at radius 3 is 2.53 bits per heavy atom. The van der Waals surface area contributed by atoms with Crippen molar-refractivity contribution >= 4 is 23.5 Å². The number of pyridine rings is 1. The number of nitrogen functional groups attached to an aromatic ring is 1. The average Bonchev–Trinajstić information content (AvgIpc) is 2.30. The third-order valence-electron chi connectivity index (χ3n) is 2.23. The van der Waals surface area contributed by atoms with Gasteiger partial charge in [0.25, 0.3) is 0 Å². The molecule has 0 aliphatic carbocycles. The molecule has 0 aliphatic rings. The highest BCUT2D eigenvalue weighted by molar-refractivity contribution is 5.88. The predicted molar refractivity (Wildman–Crippen MR) is 65.7 cm³/mol. The number of rotatable bonds is 6. The Bertz CT molecular complexity index is 486. The second kappa shape index (κ2) is 6.34. The van der Waals surface area contributed by atoms with Crippen LogP contribution in [0.25, 0.3) is 0 Å². The van der Waals surface area contributed by atoms with Gasteiger partial charge < -0.3 is 21.9 Å². The third kappa shape index (κ3) is 5.02. The fourth-order valence-corrected chi connectivity index (χ4v) is 1.35. The van der Waals surface area contributed by atoms with Gasteiger partial charge in [-0.2, -0.15) is 0 Å². The van der Waals surface area contributed by atoms with Crippen molar-refractivity contribution in [3.8, 4) is 0 Å². The van der Waals surface area contributed by atoms with E-state index in [1.54, 1.807) is 12.1 Å². The smallest absolute Gasteiger partial charge is 0.326 e. The zero-order chi connectivity index (χ0) is 14.4. The van der Waals surface area contributed by atoms with Gasteiger partial charge in [0.15, 0.2) is 0 Å². The van der Waals surface area contributed by atoms with Crippen LogP contribution in [0.1, 0.15) is 12.1 Å². The van der Waals surface area contributed by atoms with Crippen LogP contribution in [-0.4, -0.2) is 33.9 Å². The van der Waals surface area contributed by atoms with Crippen molar-refractivity contribution in [2.24, 2.45) is 5.73 Å². The second-order valence-corrected chi connectivity index (χ2v) is 3.89. The van der Waals surface area contributed by atoms with Crippen LogP contribution in [0.2, 0.25) is 0 Å². The zero-order valence-electron chi connectivity index (χ0n) is 10.00. The highest BCUT2D eigenvalue weighted by Gasteiger charge is 2.22. The van der Waals surface area contributed by atoms with E-state index in [9.17, 15) is 14.4 Å². The molecule has 1 heterocycles. The molecule has 1 aromatic rings. The Morgan fingerprint density at radius 1 is 1.37 bits per heavy atom. The standard InChI is InChI=1S/C11H14N4O4/c12-6-1-2-7(14-5-6)3-10(17)15-8(11(18)19)4-9(13)16/h1-2,5,8H,3-4,12H2,(H2,13,16)(H,15,17)(H,18,19)/t8-/m0/s1. The summed E-state index contributed by atoms with van der Waals surface area (Å²) in [6.45, 7) is 0. The number of aromatic nitrogens is 1. The number of carboxylic acids is 1. The zero-order valence-corrected chi connectivity index (χ0v) is 10.00. The first-order chi connectivity index (χ1) is 8.88. The number of primary amides is 1. The minimum Gasteiger partial charge on any atom is -0.480 e. The Kier molecular flexibility index (Phi) is 4.81. The molecule has 1 atom stereocenters. The highest BCUT2D eigenvalue weighted by Crippen LogP contribution is 2.02. The molecule has 0 saturated carbocycles. The van der Waals surface area contributed by atoms with Crippen LogP contribution in [0.15, 0.2) is 18.3 Å². The van der Waals surface area contributed by atoms with Gasteiger partial charge in [-0.3, -0.25) is 14.6 Å². The van der Waals surface area contributed by atoms with Gasteiger partial charge in [0, 0.05) is 5.69 Å². The molecule has 0 radical (unpaired) electrons. The lowest BCUT2D eigenvalue weighted by atomic mass is 10.2. The number of hydrogen-bond donors (Lipinski definition) is 4. The molecule has 8 nitrogen and oxygen atoms in total. The van der Waals surface area contributed by atoms with E-state index in [1.807, 2.05) is 0 Å². The first-order valence-corrected chi connectivity index (χ1v) is 5.39. The van der Waals surface area contributed by atoms with E-state index in [4.69, 9.17) is 16.6 Å². The molecule has 6 N–H and O–H groups in total. The van der Waals surface area contributed by atoms with Crippen LogP contribution in [-0.2, 0) is 20.8 Å². The lowest BCUT2D eigenvalue weighted by Crippen LogP contribution is -2.44. The number of carbonyl (C=O) groups excluding carboxylic acids is 2. The number of aliphatic carboxylic acids is 1. The molecule has 2 amide bonds. The summed E-state index contributed by atoms with van der Waals surface area (Å²) >= 11 is 0. The van der Waals surface area contributed by atoms with E-state index in [2.05, 4.69) is 10.3 Å². The maximum Gasteiger partial charge on any atom is 0.326 e. The first kappa shape index (κ1) is 14.4. The quantitative estimate of drug-likeness (QED) is 0.500. The van der Waals surface area contributed by atoms with Gasteiger partial charge in [-0.25, -0.2) is 4.79 Å². The van der Waals surface area contributed by atoms with Gasteiger partial charge in [0.1, 0.15) is 6.04 Å². The summed E-state index contributed by atoms with van der Waals surface area (Å²) in [7, 11) is 0. The Morgan fingerprint density at radius 2 is 2.05 bits per heavy atom. The lowest BCUT2D eigenvalue weighted by molar-refractivity contribution is -0.143. The lowest BCUT2D eigenvalue weighted by Gasteiger charge is -2.12. The van der Waals surface area contributed by atoms with E-state index in [1.165, 1.54) is 6.20 Å². The van der Waals surface area contributed by atoms with Gasteiger partial charge >= 0.3 is 5.97 Å². The monoisotopic (exact) mass is 266 g/mol. The van der Waals surface area contributed by atoms with Crippen LogP contribution in [0.5, 0.6) is 0 Å². The molecule has 8 heteroatoms. The molecule has 19 heavy (non-hydrogen) atoms. The maximum absolute atomic E-state index is 11.6. The van der Waals surface area contributed by atoms with Gasteiger partial charge in [0.05, 0.1) is 24.7 Å². The van der Waals surface area contributed by atoms with Crippen molar-refractivity contribution in [1.82, 2.24) is 10.3 Å². The van der Waals surface area contributed by atoms with Gasteiger partial charge in [-0.1, -0.05) is 0 Å². The minimum atomic E-state index is -1.33. The van der Waals surface area contributed by atoms with Crippen molar-refractivity contribution in [2.75, 3.05) is 5.73 Å². The number of anilines is 1. The summed E-state index contributed by atoms with van der Waals surface area (Å²) in [6, 6.07) is 1.80. The van der Waals surface area contributed by atoms with E-state index >= 15 is 0 Å². The summed E-state index contributed by atoms with van der Waals surface area (Å²) in [5, 5.41) is 11.0. The Labute approximate surface area is 108 Å². The van der Waals surface area contributed by atoms with Crippen molar-refractivity contribution < 1.29 is 19.5 Å². The molecule has 0 aromatic carbocycles. The summed E-state index contributed by atoms with van der Waals surface area (Å²) in [6.07, 6.45) is 0.819. The van der Waals surface area contributed by atoms with Crippen molar-refractivity contribution in [1.29, 1.82) is 0 Å². The maximum atomic E-state index is 11.6. The van der Waals surface area contributed by atoms with E-state index in [0.29, 0.717) is 11.4 Å². The normalized spacial score (nSPS) is 11.6. The molecule has 0 unspecified atom stereocenters. The van der Waals surface area contributed by atoms with Crippen LogP contribution in [0.4, 0.5) is 5.69 Å². The van der Waals surface area contributed by atoms with E-state index < -0.39 is 30.2 Å². The van der Waals surface area contributed by atoms with E-state index in [-0.39, 0.29) is 6.42 Å². The number of nitrogens with zero attached hydrogens (tertiary/aromatic N) is 1. The summed E-state index contributed by atoms with van der Waals surface area (Å²) in [5.41, 5.74) is 11.2. The highest BCUT2D eigenvalue weighted by atomic mass is 16.4. The summed E-state index contributed by atoms with van der Waals surface area (Å²) in [4.78, 5) is 37.0. The molecule has 1 aromatic heterocycles. The summed E-state index contributed by atoms with van der Waals surface area (Å²) in [5.74, 6) is -2.69. The molecule has 102 valence electrons. The number of carbonyl (C=O) groups is 3. The molecule has 0 bridgehead atoms. The van der Waals surface area contributed by atoms with Crippen LogP contribution < -0.4 is 16.8 Å². The fourth-order valence-electron chi connectivity index (χ4n) is 1.35. The van der Waals surface area contributed by atoms with Gasteiger partial charge in [-0.05, 0) is 12.1 Å². The van der Waals surface area contributed by atoms with Crippen molar-refractivity contribution in [2.45, 2.75) is 18.9 Å². The van der Waals surface area contributed by atoms with Gasteiger partial charge in [-0.15, -0.1) is 0 Å². The number of nitrogens with one attached hydrogen (secondary N) is 1. The van der Waals surface area contributed by atoms with Crippen molar-refractivity contribution in [3.63, 3.8) is 0 Å². The van der Waals surface area contributed by atoms with Crippen LogP contribution >= 0.6 is 0 Å². The molecule has 1 rings (SSSR count). The fraction of sp³-hybridized carbons (Fsp3) is 0.273. The molecule has 0 spiro atoms. The van der Waals surface area contributed by atoms with Crippen LogP contribution in [0.3, 0.4) is 0 Å². The number of nitrogens with two attached hydrogens (primary N) is 2. The van der Waals surface area contributed by atoms with Crippen LogP contribution in [0, 0.1) is 0 Å². The number of amides is 2. The number of carboxylic acid groups (broad SMARTS) is 1. The number of hydrogen-bond acceptors (Lipinski definition) is 5. The predicted octanol–water partition coefficient (Wildman–Crippen LogP) is -1.35. The molecule has 0 saturated heterocycles. The van der Waals surface area contributed by atoms with E-state index in [0.717, 1.165) is 0 Å². The third-order valence-corrected chi connectivity index (χ3v) is 2.23. The second-order valence-electron chi connectivity index (χ2n) is 3.89. The summed E-state index contributed by atoms with van der Waals surface area (Å²) < 4.78 is 0. The van der Waals surface area contributed by atoms with Crippen molar-refractivity contribution in [3.05, 3.63) is 24.0 Å². The molecule has 0 aliphatic heterocycles. The molecule has 0 fully saturated rings. The SMILES string of the molecule is NC(=O)C[C@H](NC(=O)Cc1ccc(N)cn1)C(=O)O. The topological polar surface area (TPSA) is 148 Å². The average molecular weight is 266 g/mol. The Balaban J connectivity index is 2.59. The first-order valence-electron chi connectivity index (χ1n) is 5.39.